The second kappa shape index (κ2) is 4.53. The fraction of sp³-hybridized carbons (Fsp3) is 0.182. The molecule has 0 bridgehead atoms. The highest BCUT2D eigenvalue weighted by molar-refractivity contribution is 5.63. The highest BCUT2D eigenvalue weighted by Gasteiger charge is 2.03. The van der Waals surface area contributed by atoms with Gasteiger partial charge < -0.3 is 11.1 Å². The number of aryl methyl sites for hydroxylation is 1. The van der Waals surface area contributed by atoms with Crippen LogP contribution in [0.3, 0.4) is 0 Å². The van der Waals surface area contributed by atoms with Crippen molar-refractivity contribution in [3.05, 3.63) is 35.8 Å². The van der Waals surface area contributed by atoms with Gasteiger partial charge in [0, 0.05) is 19.4 Å². The number of rotatable bonds is 3. The molecule has 86 valence electrons. The molecule has 0 atom stereocenters. The molecule has 2 aromatic rings. The van der Waals surface area contributed by atoms with Gasteiger partial charge in [0.1, 0.15) is 11.9 Å². The van der Waals surface area contributed by atoms with Gasteiger partial charge in [0.15, 0.2) is 0 Å². The maximum absolute atomic E-state index is 8.69. The smallest absolute Gasteiger partial charge is 0.149 e. The lowest BCUT2D eigenvalue weighted by molar-refractivity contribution is 0.720. The number of pyridine rings is 1. The summed E-state index contributed by atoms with van der Waals surface area (Å²) in [4.78, 5) is 4.09. The summed E-state index contributed by atoms with van der Waals surface area (Å²) in [5.41, 5.74) is 7.72. The van der Waals surface area contributed by atoms with Crippen molar-refractivity contribution < 1.29 is 0 Å². The molecule has 6 heteroatoms. The number of anilines is 2. The van der Waals surface area contributed by atoms with Crippen molar-refractivity contribution in [2.75, 3.05) is 11.1 Å². The fourth-order valence-electron chi connectivity index (χ4n) is 1.44. The Hall–Kier alpha value is -2.55. The molecule has 0 aliphatic carbocycles. The number of nitrogen functional groups attached to an aromatic ring is 1. The number of nitrogens with zero attached hydrogens (tertiary/aromatic N) is 4. The van der Waals surface area contributed by atoms with Crippen molar-refractivity contribution in [1.82, 2.24) is 14.8 Å². The quantitative estimate of drug-likeness (QED) is 0.813. The van der Waals surface area contributed by atoms with E-state index in [1.54, 1.807) is 16.9 Å². The van der Waals surface area contributed by atoms with Gasteiger partial charge in [-0.3, -0.25) is 4.68 Å². The number of hydrogen-bond acceptors (Lipinski definition) is 5. The lowest BCUT2D eigenvalue weighted by Crippen LogP contribution is -2.08. The summed E-state index contributed by atoms with van der Waals surface area (Å²) >= 11 is 0. The molecule has 2 aromatic heterocycles. The Bertz CT molecular complexity index is 566. The number of hydrogen-bond donors (Lipinski definition) is 2. The number of aromatic nitrogens is 3. The van der Waals surface area contributed by atoms with E-state index in [0.29, 0.717) is 23.6 Å². The standard InChI is InChI=1S/C11H12N6/c1-17-9(2-3-16-17)7-15-11-10(13)4-8(5-12)6-14-11/h2-4,6H,7,13H2,1H3,(H,14,15). The largest absolute Gasteiger partial charge is 0.396 e. The Balaban J connectivity index is 2.10. The van der Waals surface area contributed by atoms with E-state index in [1.165, 1.54) is 6.20 Å². The van der Waals surface area contributed by atoms with E-state index < -0.39 is 0 Å². The van der Waals surface area contributed by atoms with Crippen LogP contribution in [-0.2, 0) is 13.6 Å². The van der Waals surface area contributed by atoms with Crippen LogP contribution in [0.2, 0.25) is 0 Å². The Morgan fingerprint density at radius 2 is 2.41 bits per heavy atom. The summed E-state index contributed by atoms with van der Waals surface area (Å²) in [7, 11) is 1.87. The first-order valence-electron chi connectivity index (χ1n) is 5.07. The van der Waals surface area contributed by atoms with Crippen LogP contribution in [-0.4, -0.2) is 14.8 Å². The molecule has 0 aliphatic rings. The molecule has 2 heterocycles. The molecule has 0 amide bonds. The fourth-order valence-corrected chi connectivity index (χ4v) is 1.44. The topological polar surface area (TPSA) is 92.5 Å². The summed E-state index contributed by atoms with van der Waals surface area (Å²) in [5, 5.41) is 15.9. The molecule has 0 radical (unpaired) electrons. The van der Waals surface area contributed by atoms with Gasteiger partial charge in [0.05, 0.1) is 23.5 Å². The molecule has 3 N–H and O–H groups in total. The van der Waals surface area contributed by atoms with Crippen LogP contribution < -0.4 is 11.1 Å². The molecule has 0 spiro atoms. The first kappa shape index (κ1) is 11.0. The zero-order valence-corrected chi connectivity index (χ0v) is 9.38. The van der Waals surface area contributed by atoms with Gasteiger partial charge in [0.25, 0.3) is 0 Å². The molecule has 0 aliphatic heterocycles. The second-order valence-corrected chi connectivity index (χ2v) is 3.57. The van der Waals surface area contributed by atoms with Crippen LogP contribution in [0.25, 0.3) is 0 Å². The number of nitriles is 1. The van der Waals surface area contributed by atoms with Crippen LogP contribution in [0.4, 0.5) is 11.5 Å². The summed E-state index contributed by atoms with van der Waals surface area (Å²) < 4.78 is 1.77. The van der Waals surface area contributed by atoms with Crippen molar-refractivity contribution in [2.45, 2.75) is 6.54 Å². The minimum atomic E-state index is 0.452. The van der Waals surface area contributed by atoms with Gasteiger partial charge in [-0.05, 0) is 12.1 Å². The summed E-state index contributed by atoms with van der Waals surface area (Å²) in [6.45, 7) is 0.583. The van der Waals surface area contributed by atoms with Gasteiger partial charge in [0.2, 0.25) is 0 Å². The first-order valence-corrected chi connectivity index (χ1v) is 5.07. The number of nitrogens with one attached hydrogen (secondary N) is 1. The Morgan fingerprint density at radius 3 is 3.00 bits per heavy atom. The average molecular weight is 228 g/mol. The van der Waals surface area contributed by atoms with Gasteiger partial charge in [-0.25, -0.2) is 4.98 Å². The monoisotopic (exact) mass is 228 g/mol. The molecule has 0 unspecified atom stereocenters. The molecule has 0 saturated heterocycles. The molecule has 17 heavy (non-hydrogen) atoms. The van der Waals surface area contributed by atoms with Crippen LogP contribution in [0, 0.1) is 11.3 Å². The SMILES string of the molecule is Cn1nccc1CNc1ncc(C#N)cc1N. The van der Waals surface area contributed by atoms with E-state index in [0.717, 1.165) is 5.69 Å². The predicted octanol–water partition coefficient (Wildman–Crippen LogP) is 0.881. The normalized spacial score (nSPS) is 9.88. The minimum absolute atomic E-state index is 0.452. The average Bonchev–Trinajstić information content (AvgIpc) is 2.73. The van der Waals surface area contributed by atoms with Crippen molar-refractivity contribution in [2.24, 2.45) is 7.05 Å². The molecule has 6 nitrogen and oxygen atoms in total. The lowest BCUT2D eigenvalue weighted by Gasteiger charge is -2.08. The summed E-state index contributed by atoms with van der Waals surface area (Å²) in [6, 6.07) is 5.49. The van der Waals surface area contributed by atoms with Gasteiger partial charge in [-0.2, -0.15) is 10.4 Å². The Kier molecular flexibility index (Phi) is 2.92. The summed E-state index contributed by atoms with van der Waals surface area (Å²) in [6.07, 6.45) is 3.22. The van der Waals surface area contributed by atoms with Crippen molar-refractivity contribution in [1.29, 1.82) is 5.26 Å². The van der Waals surface area contributed by atoms with Crippen LogP contribution in [0.1, 0.15) is 11.3 Å². The predicted molar refractivity (Wildman–Crippen MR) is 63.9 cm³/mol. The van der Waals surface area contributed by atoms with Crippen LogP contribution in [0.15, 0.2) is 24.5 Å². The molecular weight excluding hydrogens is 216 g/mol. The van der Waals surface area contributed by atoms with E-state index in [4.69, 9.17) is 11.0 Å². The first-order chi connectivity index (χ1) is 8.20. The lowest BCUT2D eigenvalue weighted by atomic mass is 10.3. The zero-order chi connectivity index (χ0) is 12.3. The molecular formula is C11H12N6. The Labute approximate surface area is 98.7 Å². The molecule has 2 rings (SSSR count). The van der Waals surface area contributed by atoms with E-state index >= 15 is 0 Å². The second-order valence-electron chi connectivity index (χ2n) is 3.57. The van der Waals surface area contributed by atoms with E-state index in [-0.39, 0.29) is 0 Å². The van der Waals surface area contributed by atoms with Gasteiger partial charge in [-0.15, -0.1) is 0 Å². The maximum atomic E-state index is 8.69. The number of nitrogens with two attached hydrogens (primary N) is 1. The van der Waals surface area contributed by atoms with Crippen molar-refractivity contribution in [3.63, 3.8) is 0 Å². The third-order valence-electron chi connectivity index (χ3n) is 2.41. The maximum Gasteiger partial charge on any atom is 0.149 e. The van der Waals surface area contributed by atoms with E-state index in [2.05, 4.69) is 15.4 Å². The zero-order valence-electron chi connectivity index (χ0n) is 9.38. The molecule has 0 aromatic carbocycles. The van der Waals surface area contributed by atoms with Gasteiger partial charge >= 0.3 is 0 Å². The summed E-state index contributed by atoms with van der Waals surface area (Å²) in [5.74, 6) is 0.574. The highest BCUT2D eigenvalue weighted by Crippen LogP contribution is 2.16. The van der Waals surface area contributed by atoms with Crippen molar-refractivity contribution in [3.8, 4) is 6.07 Å². The van der Waals surface area contributed by atoms with Crippen molar-refractivity contribution >= 4 is 11.5 Å². The van der Waals surface area contributed by atoms with Gasteiger partial charge in [-0.1, -0.05) is 0 Å². The van der Waals surface area contributed by atoms with E-state index in [9.17, 15) is 0 Å². The molecule has 0 fully saturated rings. The van der Waals surface area contributed by atoms with Crippen LogP contribution >= 0.6 is 0 Å². The third-order valence-corrected chi connectivity index (χ3v) is 2.41. The highest BCUT2D eigenvalue weighted by atomic mass is 15.3. The van der Waals surface area contributed by atoms with Crippen LogP contribution in [0.5, 0.6) is 0 Å². The Morgan fingerprint density at radius 1 is 1.59 bits per heavy atom. The van der Waals surface area contributed by atoms with E-state index in [1.807, 2.05) is 19.2 Å². The third kappa shape index (κ3) is 2.34. The molecule has 0 saturated carbocycles. The minimum Gasteiger partial charge on any atom is -0.396 e.